The molecule has 2 atom stereocenters. The number of hydrogen-bond acceptors (Lipinski definition) is 2. The van der Waals surface area contributed by atoms with Crippen LogP contribution in [0.1, 0.15) is 44.4 Å². The molecule has 1 rings (SSSR count). The molecule has 0 aromatic heterocycles. The molecular formula is C15H25NO. The average Bonchev–Trinajstić information content (AvgIpc) is 2.25. The van der Waals surface area contributed by atoms with Gasteiger partial charge in [0.25, 0.3) is 0 Å². The van der Waals surface area contributed by atoms with Crippen molar-refractivity contribution in [1.82, 2.24) is 5.32 Å². The molecule has 0 aliphatic carbocycles. The Morgan fingerprint density at radius 2 is 1.94 bits per heavy atom. The summed E-state index contributed by atoms with van der Waals surface area (Å²) in [5, 5.41) is 13.2. The fraction of sp³-hybridized carbons (Fsp3) is 0.600. The maximum atomic E-state index is 9.81. The van der Waals surface area contributed by atoms with Crippen molar-refractivity contribution in [2.24, 2.45) is 5.92 Å². The summed E-state index contributed by atoms with van der Waals surface area (Å²) < 4.78 is 0. The van der Waals surface area contributed by atoms with Gasteiger partial charge in [0.2, 0.25) is 0 Å². The van der Waals surface area contributed by atoms with E-state index in [-0.39, 0.29) is 12.1 Å². The van der Waals surface area contributed by atoms with Gasteiger partial charge in [0, 0.05) is 12.6 Å². The van der Waals surface area contributed by atoms with Gasteiger partial charge >= 0.3 is 0 Å². The zero-order valence-electron chi connectivity index (χ0n) is 11.4. The summed E-state index contributed by atoms with van der Waals surface area (Å²) in [5.41, 5.74) is 2.56. The van der Waals surface area contributed by atoms with Gasteiger partial charge in [-0.25, -0.2) is 0 Å². The lowest BCUT2D eigenvalue weighted by Gasteiger charge is -2.19. The number of hydrogen-bond donors (Lipinski definition) is 2. The molecule has 0 aliphatic heterocycles. The van der Waals surface area contributed by atoms with Gasteiger partial charge in [0.05, 0.1) is 6.10 Å². The summed E-state index contributed by atoms with van der Waals surface area (Å²) in [7, 11) is 0. The highest BCUT2D eigenvalue weighted by atomic mass is 16.3. The zero-order chi connectivity index (χ0) is 12.8. The van der Waals surface area contributed by atoms with Crippen LogP contribution in [0.3, 0.4) is 0 Å². The van der Waals surface area contributed by atoms with Gasteiger partial charge < -0.3 is 10.4 Å². The van der Waals surface area contributed by atoms with E-state index in [1.165, 1.54) is 11.1 Å². The lowest BCUT2D eigenvalue weighted by Crippen LogP contribution is -2.30. The molecule has 0 amide bonds. The van der Waals surface area contributed by atoms with E-state index in [0.29, 0.717) is 12.5 Å². The van der Waals surface area contributed by atoms with Crippen molar-refractivity contribution in [2.75, 3.05) is 6.54 Å². The van der Waals surface area contributed by atoms with Crippen LogP contribution in [-0.2, 0) is 0 Å². The maximum Gasteiger partial charge on any atom is 0.0667 e. The van der Waals surface area contributed by atoms with Crippen LogP contribution in [0.2, 0.25) is 0 Å². The van der Waals surface area contributed by atoms with Crippen LogP contribution < -0.4 is 5.32 Å². The lowest BCUT2D eigenvalue weighted by atomic mass is 10.0. The second-order valence-corrected chi connectivity index (χ2v) is 5.33. The van der Waals surface area contributed by atoms with Crippen LogP contribution in [0.25, 0.3) is 0 Å². The second kappa shape index (κ2) is 6.77. The summed E-state index contributed by atoms with van der Waals surface area (Å²) in [5.74, 6) is 0.543. The molecule has 0 fully saturated rings. The predicted molar refractivity (Wildman–Crippen MR) is 73.1 cm³/mol. The number of rotatable bonds is 6. The molecule has 96 valence electrons. The van der Waals surface area contributed by atoms with Gasteiger partial charge in [-0.2, -0.15) is 0 Å². The van der Waals surface area contributed by atoms with Gasteiger partial charge in [-0.15, -0.1) is 0 Å². The number of aryl methyl sites for hydroxylation is 1. The minimum Gasteiger partial charge on any atom is -0.392 e. The van der Waals surface area contributed by atoms with Crippen LogP contribution in [0.5, 0.6) is 0 Å². The van der Waals surface area contributed by atoms with E-state index in [9.17, 15) is 5.11 Å². The van der Waals surface area contributed by atoms with E-state index < -0.39 is 0 Å². The van der Waals surface area contributed by atoms with E-state index in [1.54, 1.807) is 0 Å². The smallest absolute Gasteiger partial charge is 0.0667 e. The van der Waals surface area contributed by atoms with Crippen molar-refractivity contribution < 1.29 is 5.11 Å². The summed E-state index contributed by atoms with van der Waals surface area (Å²) >= 11 is 0. The number of aliphatic hydroxyl groups is 1. The van der Waals surface area contributed by atoms with Crippen LogP contribution >= 0.6 is 0 Å². The molecule has 17 heavy (non-hydrogen) atoms. The first-order valence-corrected chi connectivity index (χ1v) is 6.47. The Hall–Kier alpha value is -0.860. The highest BCUT2D eigenvalue weighted by Gasteiger charge is 2.10. The number of aliphatic hydroxyl groups excluding tert-OH is 1. The molecule has 1 aromatic rings. The van der Waals surface area contributed by atoms with Crippen LogP contribution in [-0.4, -0.2) is 17.8 Å². The quantitative estimate of drug-likeness (QED) is 0.794. The Morgan fingerprint density at radius 1 is 1.24 bits per heavy atom. The monoisotopic (exact) mass is 235 g/mol. The first kappa shape index (κ1) is 14.2. The van der Waals surface area contributed by atoms with Gasteiger partial charge in [-0.3, -0.25) is 0 Å². The fourth-order valence-electron chi connectivity index (χ4n) is 2.00. The highest BCUT2D eigenvalue weighted by molar-refractivity contribution is 5.24. The highest BCUT2D eigenvalue weighted by Crippen LogP contribution is 2.14. The number of benzene rings is 1. The van der Waals surface area contributed by atoms with E-state index in [4.69, 9.17) is 0 Å². The molecule has 2 heteroatoms. The van der Waals surface area contributed by atoms with Crippen molar-refractivity contribution in [1.29, 1.82) is 0 Å². The Balaban J connectivity index is 2.42. The molecule has 0 bridgehead atoms. The molecule has 2 N–H and O–H groups in total. The molecule has 0 spiro atoms. The largest absolute Gasteiger partial charge is 0.392 e. The zero-order valence-corrected chi connectivity index (χ0v) is 11.4. The van der Waals surface area contributed by atoms with E-state index in [0.717, 1.165) is 6.42 Å². The third-order valence-electron chi connectivity index (χ3n) is 2.95. The lowest BCUT2D eigenvalue weighted by molar-refractivity contribution is 0.143. The summed E-state index contributed by atoms with van der Waals surface area (Å²) in [6, 6.07) is 8.78. The second-order valence-electron chi connectivity index (χ2n) is 5.33. The van der Waals surface area contributed by atoms with E-state index in [1.807, 2.05) is 0 Å². The van der Waals surface area contributed by atoms with Gasteiger partial charge in [0.1, 0.15) is 0 Å². The third-order valence-corrected chi connectivity index (χ3v) is 2.95. The standard InChI is InChI=1S/C15H25NO/c1-11(2)8-15(17)10-16-13(4)14-7-5-6-12(3)9-14/h5-7,9,11,13,15-17H,8,10H2,1-4H3. The SMILES string of the molecule is Cc1cccc(C(C)NCC(O)CC(C)C)c1. The average molecular weight is 235 g/mol. The summed E-state index contributed by atoms with van der Waals surface area (Å²) in [6.07, 6.45) is 0.607. The van der Waals surface area contributed by atoms with Crippen LogP contribution in [0.4, 0.5) is 0 Å². The van der Waals surface area contributed by atoms with Crippen LogP contribution in [0.15, 0.2) is 24.3 Å². The minimum atomic E-state index is -0.248. The van der Waals surface area contributed by atoms with Gasteiger partial charge in [-0.05, 0) is 31.7 Å². The molecule has 1 aromatic carbocycles. The molecule has 0 aliphatic rings. The molecule has 2 unspecified atom stereocenters. The van der Waals surface area contributed by atoms with E-state index in [2.05, 4.69) is 57.3 Å². The molecular weight excluding hydrogens is 210 g/mol. The van der Waals surface area contributed by atoms with Crippen LogP contribution in [0, 0.1) is 12.8 Å². The Morgan fingerprint density at radius 3 is 2.53 bits per heavy atom. The van der Waals surface area contributed by atoms with Gasteiger partial charge in [0.15, 0.2) is 0 Å². The number of nitrogens with one attached hydrogen (secondary N) is 1. The summed E-state index contributed by atoms with van der Waals surface area (Å²) in [6.45, 7) is 9.16. The molecule has 0 radical (unpaired) electrons. The maximum absolute atomic E-state index is 9.81. The molecule has 2 nitrogen and oxygen atoms in total. The predicted octanol–water partition coefficient (Wildman–Crippen LogP) is 3.05. The Bertz CT molecular complexity index is 335. The van der Waals surface area contributed by atoms with Crippen molar-refractivity contribution >= 4 is 0 Å². The normalized spacial score (nSPS) is 14.9. The fourth-order valence-corrected chi connectivity index (χ4v) is 2.00. The molecule has 0 heterocycles. The first-order chi connectivity index (χ1) is 7.99. The van der Waals surface area contributed by atoms with Crippen molar-refractivity contribution in [3.8, 4) is 0 Å². The summed E-state index contributed by atoms with van der Waals surface area (Å²) in [4.78, 5) is 0. The van der Waals surface area contributed by atoms with E-state index >= 15 is 0 Å². The van der Waals surface area contributed by atoms with Gasteiger partial charge in [-0.1, -0.05) is 43.7 Å². The topological polar surface area (TPSA) is 32.3 Å². The third kappa shape index (κ3) is 5.33. The van der Waals surface area contributed by atoms with Crippen molar-refractivity contribution in [2.45, 2.75) is 46.3 Å². The first-order valence-electron chi connectivity index (χ1n) is 6.47. The molecule has 0 saturated carbocycles. The Kier molecular flexibility index (Phi) is 5.66. The van der Waals surface area contributed by atoms with Crippen molar-refractivity contribution in [3.63, 3.8) is 0 Å². The molecule has 0 saturated heterocycles. The Labute approximate surface area is 105 Å². The van der Waals surface area contributed by atoms with Crippen molar-refractivity contribution in [3.05, 3.63) is 35.4 Å². The minimum absolute atomic E-state index is 0.248.